The third kappa shape index (κ3) is 1.20. The Morgan fingerprint density at radius 2 is 2.12 bits per heavy atom. The van der Waals surface area contributed by atoms with Crippen LogP contribution < -0.4 is 4.74 Å². The average Bonchev–Trinajstić information content (AvgIpc) is 2.37. The molecule has 0 radical (unpaired) electrons. The summed E-state index contributed by atoms with van der Waals surface area (Å²) in [6, 6.07) is 9.95. The molecular formula is C13H9NO2. The Bertz CT molecular complexity index is 525. The number of nitriles is 1. The molecular weight excluding hydrogens is 202 g/mol. The molecule has 0 saturated heterocycles. The van der Waals surface area contributed by atoms with Crippen molar-refractivity contribution < 1.29 is 9.47 Å². The minimum Gasteiger partial charge on any atom is -0.479 e. The zero-order valence-electron chi connectivity index (χ0n) is 8.46. The molecule has 2 aliphatic rings. The Hall–Kier alpha value is -2.21. The van der Waals surface area contributed by atoms with Crippen LogP contribution in [0.25, 0.3) is 0 Å². The van der Waals surface area contributed by atoms with Gasteiger partial charge in [-0.15, -0.1) is 0 Å². The normalized spacial score (nSPS) is 25.3. The Morgan fingerprint density at radius 3 is 3.00 bits per heavy atom. The lowest BCUT2D eigenvalue weighted by atomic mass is 9.86. The molecule has 0 N–H and O–H groups in total. The first kappa shape index (κ1) is 9.05. The molecule has 0 aliphatic carbocycles. The van der Waals surface area contributed by atoms with E-state index < -0.39 is 6.10 Å². The fraction of sp³-hybridized carbons (Fsp3) is 0.154. The van der Waals surface area contributed by atoms with E-state index in [1.54, 1.807) is 12.5 Å². The summed E-state index contributed by atoms with van der Waals surface area (Å²) in [5, 5.41) is 8.97. The fourth-order valence-electron chi connectivity index (χ4n) is 2.05. The van der Waals surface area contributed by atoms with Gasteiger partial charge in [0.1, 0.15) is 11.8 Å². The van der Waals surface area contributed by atoms with Crippen molar-refractivity contribution in [3.63, 3.8) is 0 Å². The topological polar surface area (TPSA) is 42.2 Å². The van der Waals surface area contributed by atoms with E-state index in [9.17, 15) is 0 Å². The number of ether oxygens (including phenoxy) is 2. The van der Waals surface area contributed by atoms with Crippen LogP contribution in [0.4, 0.5) is 0 Å². The lowest BCUT2D eigenvalue weighted by Gasteiger charge is -2.29. The molecule has 2 atom stereocenters. The summed E-state index contributed by atoms with van der Waals surface area (Å²) in [5.74, 6) is 0.947. The van der Waals surface area contributed by atoms with E-state index in [0.29, 0.717) is 0 Å². The Balaban J connectivity index is 2.11. The van der Waals surface area contributed by atoms with Gasteiger partial charge in [0, 0.05) is 17.1 Å². The summed E-state index contributed by atoms with van der Waals surface area (Å²) in [4.78, 5) is 0. The van der Waals surface area contributed by atoms with Gasteiger partial charge in [0.2, 0.25) is 6.10 Å². The van der Waals surface area contributed by atoms with Gasteiger partial charge in [0.25, 0.3) is 0 Å². The maximum Gasteiger partial charge on any atom is 0.208 e. The molecule has 0 fully saturated rings. The molecule has 0 aromatic heterocycles. The largest absolute Gasteiger partial charge is 0.479 e. The standard InChI is InChI=1S/C13H9NO2/c14-7-13-11-8-16-12-4-2-1-3-10(12)9(11)5-6-15-13/h1-6,8-9,13H. The van der Waals surface area contributed by atoms with Gasteiger partial charge in [-0.1, -0.05) is 18.2 Å². The molecule has 1 aromatic carbocycles. The van der Waals surface area contributed by atoms with Gasteiger partial charge in [-0.25, -0.2) is 0 Å². The number of allylic oxidation sites excluding steroid dienone is 1. The van der Waals surface area contributed by atoms with Gasteiger partial charge in [0.05, 0.1) is 12.5 Å². The highest BCUT2D eigenvalue weighted by molar-refractivity contribution is 5.49. The molecule has 2 aliphatic heterocycles. The molecule has 0 saturated carbocycles. The second-order valence-corrected chi connectivity index (χ2v) is 3.72. The highest BCUT2D eigenvalue weighted by Crippen LogP contribution is 2.40. The van der Waals surface area contributed by atoms with Crippen molar-refractivity contribution >= 4 is 0 Å². The third-order valence-electron chi connectivity index (χ3n) is 2.84. The van der Waals surface area contributed by atoms with Crippen LogP contribution in [0.2, 0.25) is 0 Å². The number of para-hydroxylation sites is 1. The van der Waals surface area contributed by atoms with E-state index in [2.05, 4.69) is 6.07 Å². The molecule has 3 nitrogen and oxygen atoms in total. The summed E-state index contributed by atoms with van der Waals surface area (Å²) >= 11 is 0. The Morgan fingerprint density at radius 1 is 1.25 bits per heavy atom. The summed E-state index contributed by atoms with van der Waals surface area (Å²) in [7, 11) is 0. The second kappa shape index (κ2) is 3.42. The SMILES string of the molecule is N#CC1OC=CC2C1=COc1ccccc12. The lowest BCUT2D eigenvalue weighted by Crippen LogP contribution is -2.23. The maximum absolute atomic E-state index is 8.97. The predicted octanol–water partition coefficient (Wildman–Crippen LogP) is 2.48. The maximum atomic E-state index is 8.97. The van der Waals surface area contributed by atoms with Gasteiger partial charge in [-0.2, -0.15) is 5.26 Å². The minimum atomic E-state index is -0.539. The van der Waals surface area contributed by atoms with Crippen LogP contribution in [0.5, 0.6) is 5.75 Å². The number of benzene rings is 1. The van der Waals surface area contributed by atoms with E-state index in [4.69, 9.17) is 14.7 Å². The van der Waals surface area contributed by atoms with Crippen LogP contribution in [0, 0.1) is 11.3 Å². The zero-order chi connectivity index (χ0) is 11.0. The molecule has 0 bridgehead atoms. The van der Waals surface area contributed by atoms with Crippen LogP contribution in [-0.2, 0) is 4.74 Å². The first-order chi connectivity index (χ1) is 7.90. The van der Waals surface area contributed by atoms with Crippen molar-refractivity contribution in [1.82, 2.24) is 0 Å². The predicted molar refractivity (Wildman–Crippen MR) is 57.5 cm³/mol. The summed E-state index contributed by atoms with van der Waals surface area (Å²) in [6.45, 7) is 0. The minimum absolute atomic E-state index is 0.100. The lowest BCUT2D eigenvalue weighted by molar-refractivity contribution is 0.200. The number of nitrogens with zero attached hydrogens (tertiary/aromatic N) is 1. The number of fused-ring (bicyclic) bond motifs is 3. The molecule has 2 heterocycles. The van der Waals surface area contributed by atoms with Crippen molar-refractivity contribution in [2.75, 3.05) is 0 Å². The van der Waals surface area contributed by atoms with Crippen molar-refractivity contribution in [1.29, 1.82) is 5.26 Å². The second-order valence-electron chi connectivity index (χ2n) is 3.72. The van der Waals surface area contributed by atoms with E-state index in [1.807, 2.05) is 30.3 Å². The summed E-state index contributed by atoms with van der Waals surface area (Å²) in [5.41, 5.74) is 1.95. The van der Waals surface area contributed by atoms with Gasteiger partial charge in [-0.3, -0.25) is 0 Å². The van der Waals surface area contributed by atoms with E-state index >= 15 is 0 Å². The monoisotopic (exact) mass is 211 g/mol. The quantitative estimate of drug-likeness (QED) is 0.662. The van der Waals surface area contributed by atoms with Crippen LogP contribution >= 0.6 is 0 Å². The number of rotatable bonds is 0. The van der Waals surface area contributed by atoms with Crippen LogP contribution in [0.1, 0.15) is 11.5 Å². The molecule has 3 heteroatoms. The Labute approximate surface area is 93.2 Å². The summed E-state index contributed by atoms with van der Waals surface area (Å²) in [6.07, 6.45) is 4.63. The first-order valence-corrected chi connectivity index (χ1v) is 5.07. The van der Waals surface area contributed by atoms with Gasteiger partial charge >= 0.3 is 0 Å². The Kier molecular flexibility index (Phi) is 1.94. The van der Waals surface area contributed by atoms with E-state index in [0.717, 1.165) is 16.9 Å². The molecule has 0 spiro atoms. The third-order valence-corrected chi connectivity index (χ3v) is 2.84. The molecule has 78 valence electrons. The molecule has 0 amide bonds. The molecule has 3 rings (SSSR count). The van der Waals surface area contributed by atoms with Crippen molar-refractivity contribution in [3.8, 4) is 11.8 Å². The van der Waals surface area contributed by atoms with Crippen molar-refractivity contribution in [2.45, 2.75) is 12.0 Å². The zero-order valence-corrected chi connectivity index (χ0v) is 8.46. The van der Waals surface area contributed by atoms with E-state index in [-0.39, 0.29) is 5.92 Å². The molecule has 16 heavy (non-hydrogen) atoms. The highest BCUT2D eigenvalue weighted by atomic mass is 16.5. The smallest absolute Gasteiger partial charge is 0.208 e. The van der Waals surface area contributed by atoms with Gasteiger partial charge in [-0.05, 0) is 12.1 Å². The van der Waals surface area contributed by atoms with Crippen molar-refractivity contribution in [3.05, 3.63) is 54.0 Å². The average molecular weight is 211 g/mol. The fourth-order valence-corrected chi connectivity index (χ4v) is 2.05. The van der Waals surface area contributed by atoms with Crippen LogP contribution in [-0.4, -0.2) is 6.10 Å². The number of hydrogen-bond acceptors (Lipinski definition) is 3. The molecule has 1 aromatic rings. The highest BCUT2D eigenvalue weighted by Gasteiger charge is 2.31. The van der Waals surface area contributed by atoms with E-state index in [1.165, 1.54) is 0 Å². The molecule has 2 unspecified atom stereocenters. The van der Waals surface area contributed by atoms with Crippen LogP contribution in [0.15, 0.2) is 48.4 Å². The van der Waals surface area contributed by atoms with Crippen molar-refractivity contribution in [2.24, 2.45) is 0 Å². The first-order valence-electron chi connectivity index (χ1n) is 5.07. The summed E-state index contributed by atoms with van der Waals surface area (Å²) < 4.78 is 10.7. The van der Waals surface area contributed by atoms with Crippen LogP contribution in [0.3, 0.4) is 0 Å². The number of hydrogen-bond donors (Lipinski definition) is 0. The van der Waals surface area contributed by atoms with Gasteiger partial charge < -0.3 is 9.47 Å². The van der Waals surface area contributed by atoms with Gasteiger partial charge in [0.15, 0.2) is 0 Å².